The van der Waals surface area contributed by atoms with Crippen LogP contribution in [0.2, 0.25) is 0 Å². The smallest absolute Gasteiger partial charge is 0.342 e. The lowest BCUT2D eigenvalue weighted by atomic mass is 9.73. The van der Waals surface area contributed by atoms with Crippen LogP contribution in [0.25, 0.3) is 0 Å². The zero-order chi connectivity index (χ0) is 32.4. The number of nitrogens with one attached hydrogen (secondary N) is 1. The molecule has 1 fully saturated rings. The molecule has 2 aliphatic rings. The molecule has 0 saturated carbocycles. The van der Waals surface area contributed by atoms with Gasteiger partial charge in [0.15, 0.2) is 12.3 Å². The van der Waals surface area contributed by atoms with Crippen molar-refractivity contribution in [2.24, 2.45) is 11.3 Å². The normalized spacial score (nSPS) is 26.8. The van der Waals surface area contributed by atoms with Gasteiger partial charge < -0.3 is 49.8 Å². The third-order valence-corrected chi connectivity index (χ3v) is 9.02. The number of methoxy groups -OCH3 is 2. The van der Waals surface area contributed by atoms with Crippen molar-refractivity contribution in [2.75, 3.05) is 14.2 Å². The quantitative estimate of drug-likeness (QED) is 0.115. The second-order valence-electron chi connectivity index (χ2n) is 12.5. The summed E-state index contributed by atoms with van der Waals surface area (Å²) < 4.78 is 22.7. The van der Waals surface area contributed by atoms with Crippen LogP contribution in [0.4, 0.5) is 0 Å². The number of esters is 1. The van der Waals surface area contributed by atoms with Crippen LogP contribution < -0.4 is 5.32 Å². The number of cyclic esters (lactones) is 1. The van der Waals surface area contributed by atoms with Crippen LogP contribution in [0.15, 0.2) is 18.2 Å². The van der Waals surface area contributed by atoms with E-state index in [9.17, 15) is 35.1 Å². The first-order valence-electron chi connectivity index (χ1n) is 14.5. The molecule has 12 heteroatoms. The summed E-state index contributed by atoms with van der Waals surface area (Å²) in [5.41, 5.74) is 0.851. The Labute approximate surface area is 252 Å². The SMILES string of the molecule is C=C(C)C[C@H](OC)[C@H](O)C(=O)N[C@H](OC)[C@@H]1C[C@@H](O)C(C)(C)[C@@H](C[C@H](O)[C@@H](C)[C@H]2Cc3c(C)c(O)cc(O)c3C(=O)O2)O1. The minimum atomic E-state index is -1.50. The molecular weight excluding hydrogens is 562 g/mol. The molecular formula is C31H47NO11. The van der Waals surface area contributed by atoms with Gasteiger partial charge >= 0.3 is 5.97 Å². The maximum atomic E-state index is 12.9. The van der Waals surface area contributed by atoms with Crippen molar-refractivity contribution in [1.29, 1.82) is 0 Å². The minimum Gasteiger partial charge on any atom is -0.508 e. The van der Waals surface area contributed by atoms with E-state index in [-0.39, 0.29) is 42.7 Å². The summed E-state index contributed by atoms with van der Waals surface area (Å²) in [5, 5.41) is 56.0. The number of amides is 1. The summed E-state index contributed by atoms with van der Waals surface area (Å²) in [7, 11) is 2.76. The van der Waals surface area contributed by atoms with E-state index in [1.165, 1.54) is 14.2 Å². The van der Waals surface area contributed by atoms with Gasteiger partial charge in [0.1, 0.15) is 29.3 Å². The molecule has 0 spiro atoms. The minimum absolute atomic E-state index is 0.00479. The van der Waals surface area contributed by atoms with Crippen LogP contribution in [0, 0.1) is 18.3 Å². The summed E-state index contributed by atoms with van der Waals surface area (Å²) in [4.78, 5) is 25.6. The maximum absolute atomic E-state index is 12.9. The highest BCUT2D eigenvalue weighted by atomic mass is 16.6. The van der Waals surface area contributed by atoms with Crippen molar-refractivity contribution in [3.8, 4) is 11.5 Å². The Hall–Kier alpha value is -2.74. The molecule has 242 valence electrons. The lowest BCUT2D eigenvalue weighted by Crippen LogP contribution is -2.59. The molecule has 1 aromatic rings. The van der Waals surface area contributed by atoms with Crippen molar-refractivity contribution < 1.29 is 54.1 Å². The van der Waals surface area contributed by atoms with E-state index in [1.807, 2.05) is 13.8 Å². The number of fused-ring (bicyclic) bond motifs is 1. The first kappa shape index (κ1) is 34.7. The second-order valence-corrected chi connectivity index (χ2v) is 12.5. The van der Waals surface area contributed by atoms with Crippen LogP contribution in [0.5, 0.6) is 11.5 Å². The molecule has 9 atom stereocenters. The molecule has 43 heavy (non-hydrogen) atoms. The molecule has 2 heterocycles. The Kier molecular flexibility index (Phi) is 11.2. The molecule has 0 aromatic heterocycles. The summed E-state index contributed by atoms with van der Waals surface area (Å²) in [6.07, 6.45) is -6.89. The second kappa shape index (κ2) is 13.9. The molecule has 0 radical (unpaired) electrons. The largest absolute Gasteiger partial charge is 0.508 e. The molecule has 2 aliphatic heterocycles. The van der Waals surface area contributed by atoms with E-state index in [0.717, 1.165) is 11.6 Å². The lowest BCUT2D eigenvalue weighted by molar-refractivity contribution is -0.217. The predicted octanol–water partition coefficient (Wildman–Crippen LogP) is 1.85. The van der Waals surface area contributed by atoms with Crippen molar-refractivity contribution >= 4 is 11.9 Å². The number of carbonyl (C=O) groups excluding carboxylic acids is 2. The number of hydrogen-bond acceptors (Lipinski definition) is 11. The lowest BCUT2D eigenvalue weighted by Gasteiger charge is -2.48. The zero-order valence-corrected chi connectivity index (χ0v) is 26.0. The topological polar surface area (TPSA) is 184 Å². The third kappa shape index (κ3) is 7.50. The maximum Gasteiger partial charge on any atom is 0.342 e. The number of phenolic OH excluding ortho intramolecular Hbond substituents is 2. The highest BCUT2D eigenvalue weighted by Gasteiger charge is 2.48. The zero-order valence-electron chi connectivity index (χ0n) is 26.0. The van der Waals surface area contributed by atoms with Crippen LogP contribution >= 0.6 is 0 Å². The summed E-state index contributed by atoms with van der Waals surface area (Å²) in [5.74, 6) is -2.57. The Bertz CT molecular complexity index is 1180. The summed E-state index contributed by atoms with van der Waals surface area (Å²) in [6, 6.07) is 1.10. The fourth-order valence-electron chi connectivity index (χ4n) is 5.80. The number of rotatable bonds is 12. The van der Waals surface area contributed by atoms with Crippen LogP contribution in [-0.2, 0) is 30.2 Å². The highest BCUT2D eigenvalue weighted by Crippen LogP contribution is 2.42. The predicted molar refractivity (Wildman–Crippen MR) is 155 cm³/mol. The van der Waals surface area contributed by atoms with E-state index in [2.05, 4.69) is 11.9 Å². The molecule has 0 aliphatic carbocycles. The Balaban J connectivity index is 1.73. The van der Waals surface area contributed by atoms with Crippen molar-refractivity contribution in [1.82, 2.24) is 5.32 Å². The van der Waals surface area contributed by atoms with E-state index in [1.54, 1.807) is 20.8 Å². The van der Waals surface area contributed by atoms with Crippen molar-refractivity contribution in [2.45, 2.75) is 109 Å². The standard InChI is InChI=1S/C31H47NO11/c1-14(2)9-22(40-7)27(37)28(38)32-29(41-8)23-13-24(36)31(5,6)25(42-23)12-19(34)16(4)21-10-17-15(3)18(33)11-20(35)26(17)30(39)43-21/h11,16,19,21-25,27,29,33-37H,1,9-10,12-13H2,2-8H3,(H,32,38)/t16-,19+,21-,22+,23+,24-,25-,27+,29-/m1/s1. The van der Waals surface area contributed by atoms with Gasteiger partial charge in [0, 0.05) is 50.9 Å². The fourth-order valence-corrected chi connectivity index (χ4v) is 5.80. The average molecular weight is 610 g/mol. The monoisotopic (exact) mass is 609 g/mol. The van der Waals surface area contributed by atoms with Crippen LogP contribution in [0.3, 0.4) is 0 Å². The number of aromatic hydroxyl groups is 2. The first-order valence-corrected chi connectivity index (χ1v) is 14.5. The van der Waals surface area contributed by atoms with Gasteiger partial charge in [-0.2, -0.15) is 0 Å². The summed E-state index contributed by atoms with van der Waals surface area (Å²) >= 11 is 0. The third-order valence-electron chi connectivity index (χ3n) is 9.02. The molecule has 1 saturated heterocycles. The van der Waals surface area contributed by atoms with Crippen molar-refractivity contribution in [3.05, 3.63) is 34.9 Å². The number of hydrogen-bond donors (Lipinski definition) is 6. The van der Waals surface area contributed by atoms with E-state index in [4.69, 9.17) is 18.9 Å². The van der Waals surface area contributed by atoms with Gasteiger partial charge in [0.05, 0.1) is 24.4 Å². The number of aliphatic hydroxyl groups is 3. The number of aliphatic hydroxyl groups excluding tert-OH is 3. The number of benzene rings is 1. The first-order chi connectivity index (χ1) is 20.0. The average Bonchev–Trinajstić information content (AvgIpc) is 2.94. The van der Waals surface area contributed by atoms with E-state index >= 15 is 0 Å². The molecule has 6 N–H and O–H groups in total. The van der Waals surface area contributed by atoms with E-state index in [0.29, 0.717) is 11.1 Å². The van der Waals surface area contributed by atoms with Gasteiger partial charge in [0.25, 0.3) is 5.91 Å². The van der Waals surface area contributed by atoms with Gasteiger partial charge in [-0.1, -0.05) is 26.3 Å². The Morgan fingerprint density at radius 3 is 2.42 bits per heavy atom. The Morgan fingerprint density at radius 1 is 1.19 bits per heavy atom. The van der Waals surface area contributed by atoms with E-state index < -0.39 is 72.2 Å². The summed E-state index contributed by atoms with van der Waals surface area (Å²) in [6.45, 7) is 12.6. The molecule has 3 rings (SSSR count). The van der Waals surface area contributed by atoms with Crippen molar-refractivity contribution in [3.63, 3.8) is 0 Å². The molecule has 12 nitrogen and oxygen atoms in total. The number of carbonyl (C=O) groups is 2. The van der Waals surface area contributed by atoms with Gasteiger partial charge in [-0.15, -0.1) is 6.58 Å². The van der Waals surface area contributed by atoms with Gasteiger partial charge in [-0.05, 0) is 31.4 Å². The molecule has 1 aromatic carbocycles. The highest BCUT2D eigenvalue weighted by molar-refractivity contribution is 5.96. The number of phenols is 2. The van der Waals surface area contributed by atoms with Gasteiger partial charge in [-0.3, -0.25) is 4.79 Å². The molecule has 0 bridgehead atoms. The number of ether oxygens (including phenoxy) is 4. The van der Waals surface area contributed by atoms with Gasteiger partial charge in [-0.25, -0.2) is 4.79 Å². The Morgan fingerprint density at radius 2 is 1.84 bits per heavy atom. The van der Waals surface area contributed by atoms with Crippen LogP contribution in [-0.4, -0.2) is 101 Å². The fraction of sp³-hybridized carbons (Fsp3) is 0.677. The molecule has 0 unspecified atom stereocenters. The van der Waals surface area contributed by atoms with Gasteiger partial charge in [0.2, 0.25) is 0 Å². The molecule has 1 amide bonds. The van der Waals surface area contributed by atoms with Crippen LogP contribution in [0.1, 0.15) is 68.4 Å².